The molecule has 0 aliphatic carbocycles. The summed E-state index contributed by atoms with van der Waals surface area (Å²) < 4.78 is 9.14. The van der Waals surface area contributed by atoms with Crippen LogP contribution in [0, 0.1) is 22.7 Å². The number of aliphatic imine (C=N–C) groups is 1. The van der Waals surface area contributed by atoms with Crippen LogP contribution in [0.3, 0.4) is 0 Å². The molecule has 0 N–H and O–H groups in total. The van der Waals surface area contributed by atoms with Crippen molar-refractivity contribution in [3.63, 3.8) is 0 Å². The van der Waals surface area contributed by atoms with E-state index < -0.39 is 0 Å². The summed E-state index contributed by atoms with van der Waals surface area (Å²) in [7, 11) is 0. The molecule has 15 heteroatoms. The van der Waals surface area contributed by atoms with Gasteiger partial charge in [-0.1, -0.05) is 267 Å². The molecule has 0 spiro atoms. The molecule has 6 aromatic carbocycles. The Morgan fingerprint density at radius 1 is 0.446 bits per heavy atom. The van der Waals surface area contributed by atoms with Crippen molar-refractivity contribution in [2.45, 2.75) is 222 Å². The number of rotatable bonds is 6. The molecule has 0 fully saturated rings. The number of hydrogen-bond donors (Lipinski definition) is 0. The minimum absolute atomic E-state index is 0.0405. The molecule has 13 nitrogen and oxygen atoms in total. The summed E-state index contributed by atoms with van der Waals surface area (Å²) in [6.45, 7) is 54.9. The summed E-state index contributed by atoms with van der Waals surface area (Å²) in [6, 6.07) is 65.7. The third-order valence-electron chi connectivity index (χ3n) is 20.8. The highest BCUT2D eigenvalue weighted by Crippen LogP contribution is 2.38. The lowest BCUT2D eigenvalue weighted by Gasteiger charge is -2.34. The maximum absolute atomic E-state index is 9.02. The fourth-order valence-electron chi connectivity index (χ4n) is 13.1. The average molecular weight is 1650 g/mol. The summed E-state index contributed by atoms with van der Waals surface area (Å²) in [6.07, 6.45) is 28.0. The molecule has 7 aromatic heterocycles. The largest absolute Gasteiger partial charge is 0.444 e. The molecule has 0 amide bonds. The third kappa shape index (κ3) is 27.6. The number of imidazole rings is 2. The molecule has 3 aliphatic rings. The smallest absolute Gasteiger partial charge is 0.181 e. The highest BCUT2D eigenvalue weighted by atomic mass is 32.2. The van der Waals surface area contributed by atoms with E-state index in [4.69, 9.17) is 14.9 Å². The number of pyridine rings is 3. The minimum Gasteiger partial charge on any atom is -0.444 e. The van der Waals surface area contributed by atoms with Crippen LogP contribution in [0.5, 0.6) is 0 Å². The number of anilines is 1. The highest BCUT2D eigenvalue weighted by Gasteiger charge is 2.30. The van der Waals surface area contributed by atoms with Gasteiger partial charge in [-0.3, -0.25) is 15.0 Å². The number of thiazole rings is 1. The summed E-state index contributed by atoms with van der Waals surface area (Å²) >= 11 is 3.68. The number of fused-ring (bicyclic) bond motifs is 2. The number of nitriles is 2. The first-order valence-electron chi connectivity index (χ1n) is 41.8. The van der Waals surface area contributed by atoms with E-state index in [1.807, 2.05) is 94.5 Å². The van der Waals surface area contributed by atoms with E-state index >= 15 is 0 Å². The summed E-state index contributed by atoms with van der Waals surface area (Å²) in [5.41, 5.74) is 25.5. The molecule has 121 heavy (non-hydrogen) atoms. The first-order valence-corrected chi connectivity index (χ1v) is 43.7. The normalized spacial score (nSPS) is 13.1. The summed E-state index contributed by atoms with van der Waals surface area (Å²) in [5.74, 6) is 2.06. The number of thioether (sulfide) groups is 1. The van der Waals surface area contributed by atoms with Gasteiger partial charge in [0.1, 0.15) is 16.7 Å². The van der Waals surface area contributed by atoms with Gasteiger partial charge in [-0.15, -0.1) is 23.1 Å². The number of allylic oxidation sites excluding steroid dienone is 2. The van der Waals surface area contributed by atoms with Crippen LogP contribution in [0.15, 0.2) is 272 Å². The van der Waals surface area contributed by atoms with Crippen LogP contribution >= 0.6 is 23.1 Å². The van der Waals surface area contributed by atoms with Crippen LogP contribution < -0.4 is 4.90 Å². The Balaban J connectivity index is 0.000000157. The van der Waals surface area contributed by atoms with Gasteiger partial charge in [0.15, 0.2) is 12.2 Å². The molecule has 628 valence electrons. The van der Waals surface area contributed by atoms with Crippen molar-refractivity contribution in [2.24, 2.45) is 4.99 Å². The van der Waals surface area contributed by atoms with Crippen molar-refractivity contribution in [1.29, 1.82) is 10.5 Å². The summed E-state index contributed by atoms with van der Waals surface area (Å²) in [5, 5.41) is 21.2. The number of benzene rings is 6. The van der Waals surface area contributed by atoms with Gasteiger partial charge in [0.05, 0.1) is 42.0 Å². The van der Waals surface area contributed by atoms with E-state index in [1.165, 1.54) is 95.9 Å². The predicted molar refractivity (Wildman–Crippen MR) is 513 cm³/mol. The summed E-state index contributed by atoms with van der Waals surface area (Å²) in [4.78, 5) is 32.9. The van der Waals surface area contributed by atoms with Gasteiger partial charge in [0, 0.05) is 113 Å². The van der Waals surface area contributed by atoms with Crippen LogP contribution in [0.4, 0.5) is 5.69 Å². The number of nitrogens with zero attached hydrogens (tertiary/aromatic N) is 12. The van der Waals surface area contributed by atoms with Crippen molar-refractivity contribution in [2.75, 3.05) is 23.7 Å². The van der Waals surface area contributed by atoms with E-state index in [-0.39, 0.29) is 43.4 Å². The second kappa shape index (κ2) is 40.8. The minimum atomic E-state index is 0.0405. The van der Waals surface area contributed by atoms with Crippen molar-refractivity contribution < 1.29 is 4.42 Å². The first kappa shape index (κ1) is 93.5. The quantitative estimate of drug-likeness (QED) is 0.156. The molecule has 0 saturated carbocycles. The third-order valence-corrected chi connectivity index (χ3v) is 23.2. The van der Waals surface area contributed by atoms with Gasteiger partial charge in [0.2, 0.25) is 0 Å². The molecule has 10 heterocycles. The molecule has 16 rings (SSSR count). The second-order valence-electron chi connectivity index (χ2n) is 38.8. The molecule has 0 saturated heterocycles. The Kier molecular flexibility index (Phi) is 31.5. The topological polar surface area (TPSA) is 163 Å². The van der Waals surface area contributed by atoms with Crippen LogP contribution in [-0.2, 0) is 44.3 Å². The second-order valence-corrected chi connectivity index (χ2v) is 40.8. The van der Waals surface area contributed by atoms with Crippen molar-refractivity contribution in [3.8, 4) is 50.8 Å². The van der Waals surface area contributed by atoms with Gasteiger partial charge >= 0.3 is 0 Å². The first-order chi connectivity index (χ1) is 57.0. The molecule has 0 atom stereocenters. The average Bonchev–Trinajstić information content (AvgIpc) is 1.64. The Hall–Kier alpha value is -11.4. The molecular weight excluding hydrogens is 1520 g/mol. The number of aromatic nitrogens is 8. The number of oxazole rings is 1. The standard InChI is InChI=1S/C15H17N.C14H17N.C14H18S.2C13H16N2.C13H15NO.C12H13N3.C12H14N2S/c1-15(2,3)14-8-6-12(7-9-14)13-5-4-10-16-11-13;2*1-14(2,3)13-6-4-11(5-7-13)12-8-9-15-10-12;1-13(2,3)11-4-6-12(7-5-11)15-9-8-14-10-15;1-13(2,3)15-8-7-11-10(9-14)5-4-6-12(11)15;1-13(2,3)11-6-4-10(5-7-11)12-8-14-9-15-12;1-12(2,3)10-8-15-7-9(6-13)4-5-11(15)14-10;1-12(2,3)10-8-14-11(15-10)9-4-6-13-7-5-9/h4-11H,1-3H3;4-9H,10H2,1-3H3;4-7,10H,8-9H2,1-3H3;4-10H,1-3H3;4-6H,7-8H2,1-3H3;4-9H,1-3H3;4-5,7-8H,1-3H3;4-8H,1-3H3. The van der Waals surface area contributed by atoms with Crippen molar-refractivity contribution in [1.82, 2.24) is 38.9 Å². The van der Waals surface area contributed by atoms with Gasteiger partial charge in [-0.05, 0) is 199 Å². The molecule has 3 aliphatic heterocycles. The lowest BCUT2D eigenvalue weighted by Crippen LogP contribution is -2.40. The maximum atomic E-state index is 9.02. The highest BCUT2D eigenvalue weighted by molar-refractivity contribution is 8.02. The van der Waals surface area contributed by atoms with Gasteiger partial charge in [-0.2, -0.15) is 10.5 Å². The fourth-order valence-corrected chi connectivity index (χ4v) is 15.0. The lowest BCUT2D eigenvalue weighted by atomic mass is 9.86. The number of hydrogen-bond acceptors (Lipinski definition) is 13. The maximum Gasteiger partial charge on any atom is 0.181 e. The van der Waals surface area contributed by atoms with E-state index in [9.17, 15) is 0 Å². The van der Waals surface area contributed by atoms with E-state index in [0.717, 1.165) is 64.0 Å². The van der Waals surface area contributed by atoms with Crippen LogP contribution in [0.1, 0.15) is 239 Å². The van der Waals surface area contributed by atoms with E-state index in [0.29, 0.717) is 5.56 Å². The monoisotopic (exact) mass is 1650 g/mol. The van der Waals surface area contributed by atoms with Gasteiger partial charge < -0.3 is 18.3 Å². The zero-order chi connectivity index (χ0) is 88.1. The molecule has 0 radical (unpaired) electrons. The van der Waals surface area contributed by atoms with Crippen LogP contribution in [-0.4, -0.2) is 69.5 Å². The zero-order valence-corrected chi connectivity index (χ0v) is 77.7. The fraction of sp³-hybridized carbons (Fsp3) is 0.349. The van der Waals surface area contributed by atoms with E-state index in [2.05, 4.69) is 363 Å². The van der Waals surface area contributed by atoms with E-state index in [1.54, 1.807) is 54.6 Å². The Bertz CT molecular complexity index is 5430. The lowest BCUT2D eigenvalue weighted by molar-refractivity contribution is 0.518. The van der Waals surface area contributed by atoms with Crippen molar-refractivity contribution in [3.05, 3.63) is 328 Å². The van der Waals surface area contributed by atoms with Gasteiger partial charge in [0.25, 0.3) is 0 Å². The van der Waals surface area contributed by atoms with Crippen molar-refractivity contribution >= 4 is 51.8 Å². The molecule has 0 bridgehead atoms. The molecule has 13 aromatic rings. The Labute approximate surface area is 731 Å². The molecular formula is C106H126N12OS2. The predicted octanol–water partition coefficient (Wildman–Crippen LogP) is 27.5. The zero-order valence-electron chi connectivity index (χ0n) is 76.0. The Morgan fingerprint density at radius 3 is 1.45 bits per heavy atom. The van der Waals surface area contributed by atoms with Gasteiger partial charge in [-0.25, -0.2) is 19.9 Å². The SMILES string of the molecule is CC(C)(C)N1CCc2c(C#N)cccc21.CC(C)(C)c1ccc(-c2cccnc2)cc1.CC(C)(C)c1ccc(-c2cnco2)cc1.CC(C)(C)c1ccc(-n2ccnc2)cc1.CC(C)(C)c1ccc(C2=CC=NC2)cc1.CC(C)(C)c1ccc(C2=CSCC2)cc1.CC(C)(C)c1cn2cc(C#N)ccc2n1.CC(C)(C)c1cnc(-c2ccncc2)s1. The molecule has 0 unspecified atom stereocenters. The van der Waals surface area contributed by atoms with Crippen LogP contribution in [0.25, 0.3) is 55.5 Å². The Morgan fingerprint density at radius 2 is 1.00 bits per heavy atom. The van der Waals surface area contributed by atoms with Crippen LogP contribution in [0.2, 0.25) is 0 Å².